The first-order valence-corrected chi connectivity index (χ1v) is 13.2. The molecule has 2 aromatic heterocycles. The topological polar surface area (TPSA) is 79.9 Å². The van der Waals surface area contributed by atoms with Crippen molar-refractivity contribution in [2.75, 3.05) is 55.6 Å². The summed E-state index contributed by atoms with van der Waals surface area (Å²) in [5.74, 6) is 0.494. The Kier molecular flexibility index (Phi) is 6.38. The van der Waals surface area contributed by atoms with Gasteiger partial charge in [-0.1, -0.05) is 12.1 Å². The van der Waals surface area contributed by atoms with Gasteiger partial charge in [-0.05, 0) is 36.8 Å². The number of fused-ring (bicyclic) bond motifs is 1. The molecule has 0 amide bonds. The molecule has 2 N–H and O–H groups in total. The minimum Gasteiger partial charge on any atom is -0.370 e. The van der Waals surface area contributed by atoms with Gasteiger partial charge in [0.05, 0.1) is 30.5 Å². The van der Waals surface area contributed by atoms with E-state index >= 15 is 0 Å². The van der Waals surface area contributed by atoms with Gasteiger partial charge in [-0.25, -0.2) is 9.37 Å². The highest BCUT2D eigenvalue weighted by molar-refractivity contribution is 5.89. The first kappa shape index (κ1) is 24.3. The minimum absolute atomic E-state index is 0.0504. The number of ether oxygens (including phenoxy) is 1. The Morgan fingerprint density at radius 2 is 1.84 bits per heavy atom. The van der Waals surface area contributed by atoms with Crippen LogP contribution in [0.4, 0.5) is 15.8 Å². The molecule has 8 nitrogen and oxygen atoms in total. The average Bonchev–Trinajstić information content (AvgIpc) is 3.21. The number of rotatable bonds is 5. The smallest absolute Gasteiger partial charge is 0.253 e. The predicted octanol–water partition coefficient (Wildman–Crippen LogP) is 2.11. The molecule has 3 aliphatic heterocycles. The normalized spacial score (nSPS) is 27.1. The van der Waals surface area contributed by atoms with Gasteiger partial charge in [-0.2, -0.15) is 0 Å². The Morgan fingerprint density at radius 1 is 1.05 bits per heavy atom. The third-order valence-corrected chi connectivity index (χ3v) is 8.08. The highest BCUT2D eigenvalue weighted by Gasteiger charge is 2.34. The molecule has 1 unspecified atom stereocenters. The van der Waals surface area contributed by atoms with Crippen LogP contribution in [0.5, 0.6) is 0 Å². The maximum Gasteiger partial charge on any atom is 0.253 e. The van der Waals surface area contributed by atoms with E-state index < -0.39 is 12.2 Å². The number of benzene rings is 1. The summed E-state index contributed by atoms with van der Waals surface area (Å²) in [7, 11) is 1.77. The fourth-order valence-electron chi connectivity index (χ4n) is 6.04. The van der Waals surface area contributed by atoms with Crippen molar-refractivity contribution in [3.05, 3.63) is 64.6 Å². The van der Waals surface area contributed by atoms with E-state index in [4.69, 9.17) is 10.5 Å². The summed E-state index contributed by atoms with van der Waals surface area (Å²) in [5.41, 5.74) is 9.79. The van der Waals surface area contributed by atoms with Crippen LogP contribution in [0.1, 0.15) is 18.4 Å². The van der Waals surface area contributed by atoms with Crippen molar-refractivity contribution >= 4 is 22.4 Å². The molecule has 3 fully saturated rings. The number of hydrogen-bond donors (Lipinski definition) is 1. The van der Waals surface area contributed by atoms with E-state index in [0.29, 0.717) is 24.7 Å². The van der Waals surface area contributed by atoms with Crippen LogP contribution in [-0.2, 0) is 11.8 Å². The zero-order chi connectivity index (χ0) is 25.7. The van der Waals surface area contributed by atoms with Gasteiger partial charge >= 0.3 is 0 Å². The molecule has 37 heavy (non-hydrogen) atoms. The van der Waals surface area contributed by atoms with Gasteiger partial charge in [0.25, 0.3) is 5.56 Å². The minimum atomic E-state index is -0.955. The number of aromatic nitrogens is 2. The lowest BCUT2D eigenvalue weighted by molar-refractivity contribution is -0.0434. The van der Waals surface area contributed by atoms with Crippen LogP contribution < -0.4 is 21.1 Å². The quantitative estimate of drug-likeness (QED) is 0.568. The lowest BCUT2D eigenvalue weighted by Crippen LogP contribution is -2.55. The Bertz CT molecular complexity index is 1310. The Hall–Kier alpha value is -3.01. The van der Waals surface area contributed by atoms with Crippen LogP contribution in [-0.4, -0.2) is 84.7 Å². The third-order valence-electron chi connectivity index (χ3n) is 8.08. The van der Waals surface area contributed by atoms with Crippen LogP contribution >= 0.6 is 0 Å². The number of likely N-dealkylation sites (tertiary alicyclic amines) is 1. The van der Waals surface area contributed by atoms with E-state index in [-0.39, 0.29) is 17.8 Å². The monoisotopic (exact) mass is 506 g/mol. The van der Waals surface area contributed by atoms with Crippen LogP contribution in [0.2, 0.25) is 0 Å². The van der Waals surface area contributed by atoms with Crippen LogP contribution in [0.3, 0.4) is 0 Å². The van der Waals surface area contributed by atoms with Gasteiger partial charge in [-0.3, -0.25) is 14.3 Å². The zero-order valence-electron chi connectivity index (χ0n) is 21.5. The molecule has 9 heteroatoms. The van der Waals surface area contributed by atoms with Gasteiger partial charge in [-0.15, -0.1) is 0 Å². The molecule has 3 saturated heterocycles. The number of nitrogens with zero attached hydrogens (tertiary/aromatic N) is 5. The Balaban J connectivity index is 1.08. The summed E-state index contributed by atoms with van der Waals surface area (Å²) in [6, 6.07) is 13.8. The molecule has 6 rings (SSSR count). The molecule has 1 aromatic carbocycles. The van der Waals surface area contributed by atoms with Crippen molar-refractivity contribution in [2.45, 2.75) is 37.3 Å². The molecular formula is C28H35FN6O2. The summed E-state index contributed by atoms with van der Waals surface area (Å²) in [6.07, 6.45) is 0.909. The van der Waals surface area contributed by atoms with Crippen molar-refractivity contribution in [3.63, 3.8) is 0 Å². The molecule has 0 bridgehead atoms. The number of hydrogen-bond acceptors (Lipinski definition) is 7. The molecule has 196 valence electrons. The molecule has 5 heterocycles. The lowest BCUT2D eigenvalue weighted by Gasteiger charge is -2.45. The van der Waals surface area contributed by atoms with Gasteiger partial charge in [0.2, 0.25) is 0 Å². The van der Waals surface area contributed by atoms with Gasteiger partial charge < -0.3 is 20.3 Å². The summed E-state index contributed by atoms with van der Waals surface area (Å²) < 4.78 is 21.7. The second-order valence-electron chi connectivity index (χ2n) is 10.9. The summed E-state index contributed by atoms with van der Waals surface area (Å²) >= 11 is 0. The van der Waals surface area contributed by atoms with E-state index in [1.54, 1.807) is 23.9 Å². The van der Waals surface area contributed by atoms with Crippen molar-refractivity contribution in [2.24, 2.45) is 12.8 Å². The fourth-order valence-corrected chi connectivity index (χ4v) is 6.04. The maximum atomic E-state index is 13.8. The largest absolute Gasteiger partial charge is 0.370 e. The molecule has 0 spiro atoms. The number of anilines is 2. The lowest BCUT2D eigenvalue weighted by atomic mass is 9.91. The Labute approximate surface area is 216 Å². The van der Waals surface area contributed by atoms with E-state index in [9.17, 15) is 9.18 Å². The molecule has 0 saturated carbocycles. The van der Waals surface area contributed by atoms with Gasteiger partial charge in [0.1, 0.15) is 11.8 Å². The first-order chi connectivity index (χ1) is 17.9. The third kappa shape index (κ3) is 4.71. The fraction of sp³-hybridized carbons (Fsp3) is 0.500. The van der Waals surface area contributed by atoms with Crippen molar-refractivity contribution in [3.8, 4) is 0 Å². The molecule has 0 radical (unpaired) electrons. The van der Waals surface area contributed by atoms with Crippen LogP contribution in [0.15, 0.2) is 53.5 Å². The molecular weight excluding hydrogens is 471 g/mol. The highest BCUT2D eigenvalue weighted by Crippen LogP contribution is 2.31. The second kappa shape index (κ2) is 9.70. The number of morpholine rings is 1. The number of alkyl halides is 1. The molecule has 0 aliphatic carbocycles. The van der Waals surface area contributed by atoms with Crippen molar-refractivity contribution in [1.82, 2.24) is 14.5 Å². The highest BCUT2D eigenvalue weighted by atomic mass is 19.1. The SMILES string of the molecule is C[C@@H]1CN(c2cc(=O)n(C)c3ncccc23)C[C@H](CN2CC(c3ccc(N4CC(F)[C@H](N)C4)cc3)C2)O1. The first-order valence-electron chi connectivity index (χ1n) is 13.2. The summed E-state index contributed by atoms with van der Waals surface area (Å²) in [5, 5.41) is 0.989. The number of halogens is 1. The van der Waals surface area contributed by atoms with E-state index in [1.807, 2.05) is 17.0 Å². The average molecular weight is 507 g/mol. The number of aryl methyl sites for hydroxylation is 1. The van der Waals surface area contributed by atoms with Gasteiger partial charge in [0.15, 0.2) is 0 Å². The van der Waals surface area contributed by atoms with Crippen LogP contribution in [0.25, 0.3) is 11.0 Å². The van der Waals surface area contributed by atoms with E-state index in [1.165, 1.54) is 5.56 Å². The second-order valence-corrected chi connectivity index (χ2v) is 10.9. The standard InChI is InChI=1S/C28H35FN6O2/c1-18-11-35(26-10-27(36)32(2)28-23(26)4-3-9-31-28)15-22(37-18)14-33-12-20(13-33)19-5-7-21(8-6-19)34-16-24(29)25(30)17-34/h3-10,18,20,22,24-25H,11-17,30H2,1-2H3/t18-,22+,24?,25-/m1/s1. The van der Waals surface area contributed by atoms with Crippen molar-refractivity contribution < 1.29 is 9.13 Å². The van der Waals surface area contributed by atoms with Crippen LogP contribution in [0, 0.1) is 0 Å². The predicted molar refractivity (Wildman–Crippen MR) is 144 cm³/mol. The van der Waals surface area contributed by atoms with E-state index in [2.05, 4.69) is 46.0 Å². The zero-order valence-corrected chi connectivity index (χ0v) is 21.5. The summed E-state index contributed by atoms with van der Waals surface area (Å²) in [6.45, 7) is 7.37. The number of nitrogens with two attached hydrogens (primary N) is 1. The Morgan fingerprint density at radius 3 is 2.57 bits per heavy atom. The number of pyridine rings is 2. The van der Waals surface area contributed by atoms with E-state index in [0.717, 1.165) is 49.5 Å². The van der Waals surface area contributed by atoms with Gasteiger partial charge in [0, 0.05) is 75.6 Å². The molecule has 4 atom stereocenters. The summed E-state index contributed by atoms with van der Waals surface area (Å²) in [4.78, 5) is 23.8. The van der Waals surface area contributed by atoms with Crippen molar-refractivity contribution in [1.29, 1.82) is 0 Å². The molecule has 3 aliphatic rings. The maximum absolute atomic E-state index is 13.8. The molecule has 3 aromatic rings.